The third-order valence-corrected chi connectivity index (χ3v) is 0.167. The SMILES string of the molecule is C[CH]C=N. The molecule has 1 nitrogen and oxygen atoms in total. The normalized spacial score (nSPS) is 6.25. The minimum absolute atomic E-state index is 1.25. The van der Waals surface area contributed by atoms with E-state index in [-0.39, 0.29) is 0 Å². The first-order valence-electron chi connectivity index (χ1n) is 1.20. The molecule has 0 saturated carbocycles. The molecule has 0 rings (SSSR count). The Morgan fingerprint density at radius 2 is 2.00 bits per heavy atom. The number of rotatable bonds is 1. The van der Waals surface area contributed by atoms with E-state index in [4.69, 9.17) is 5.41 Å². The van der Waals surface area contributed by atoms with Crippen LogP contribution < -0.4 is 0 Å². The highest BCUT2D eigenvalue weighted by atomic mass is 14.3. The van der Waals surface area contributed by atoms with E-state index in [1.165, 1.54) is 6.21 Å². The molecule has 0 spiro atoms. The van der Waals surface area contributed by atoms with Crippen molar-refractivity contribution in [3.63, 3.8) is 0 Å². The zero-order valence-electron chi connectivity index (χ0n) is 2.65. The van der Waals surface area contributed by atoms with E-state index >= 15 is 0 Å². The van der Waals surface area contributed by atoms with Crippen molar-refractivity contribution in [3.8, 4) is 0 Å². The maximum atomic E-state index is 6.27. The van der Waals surface area contributed by atoms with E-state index in [1.54, 1.807) is 6.42 Å². The molecule has 1 heteroatoms. The standard InChI is InChI=1S/C3H6N/c1-2-3-4/h2-4H,1H3. The van der Waals surface area contributed by atoms with Gasteiger partial charge in [0, 0.05) is 0 Å². The molecule has 1 radical (unpaired) electrons. The lowest BCUT2D eigenvalue weighted by molar-refractivity contribution is 1.52. The van der Waals surface area contributed by atoms with Gasteiger partial charge in [-0.2, -0.15) is 0 Å². The number of hydrogen-bond donors (Lipinski definition) is 1. The van der Waals surface area contributed by atoms with Crippen LogP contribution in [-0.2, 0) is 0 Å². The molecule has 0 heterocycles. The van der Waals surface area contributed by atoms with Crippen molar-refractivity contribution in [3.05, 3.63) is 6.42 Å². The van der Waals surface area contributed by atoms with Crippen LogP contribution in [0.4, 0.5) is 0 Å². The molecule has 0 saturated heterocycles. The first kappa shape index (κ1) is 3.67. The zero-order valence-corrected chi connectivity index (χ0v) is 2.65. The van der Waals surface area contributed by atoms with Crippen LogP contribution >= 0.6 is 0 Å². The van der Waals surface area contributed by atoms with Crippen molar-refractivity contribution in [2.75, 3.05) is 0 Å². The lowest BCUT2D eigenvalue weighted by Crippen LogP contribution is -1.55. The molecule has 1 N–H and O–H groups in total. The van der Waals surface area contributed by atoms with Gasteiger partial charge in [0.25, 0.3) is 0 Å². The largest absolute Gasteiger partial charge is 0.313 e. The molecular formula is C3H6N. The summed E-state index contributed by atoms with van der Waals surface area (Å²) in [6.07, 6.45) is 2.92. The summed E-state index contributed by atoms with van der Waals surface area (Å²) in [6, 6.07) is 0. The molecule has 0 aliphatic heterocycles. The predicted octanol–water partition coefficient (Wildman–Crippen LogP) is 0.860. The molecule has 0 amide bonds. The van der Waals surface area contributed by atoms with Gasteiger partial charge < -0.3 is 5.41 Å². The van der Waals surface area contributed by atoms with Gasteiger partial charge in [0.1, 0.15) is 0 Å². The molecule has 0 aliphatic rings. The van der Waals surface area contributed by atoms with E-state index in [1.807, 2.05) is 6.92 Å². The molecule has 0 bridgehead atoms. The van der Waals surface area contributed by atoms with Crippen molar-refractivity contribution < 1.29 is 0 Å². The Balaban J connectivity index is 2.30. The van der Waals surface area contributed by atoms with Gasteiger partial charge in [-0.05, 0) is 12.6 Å². The summed E-state index contributed by atoms with van der Waals surface area (Å²) in [5.74, 6) is 0. The van der Waals surface area contributed by atoms with E-state index in [0.29, 0.717) is 0 Å². The number of nitrogens with one attached hydrogen (secondary N) is 1. The lowest BCUT2D eigenvalue weighted by atomic mass is 10.6. The van der Waals surface area contributed by atoms with E-state index in [0.717, 1.165) is 0 Å². The maximum Gasteiger partial charge on any atom is -0.00132 e. The van der Waals surface area contributed by atoms with Crippen LogP contribution in [0.2, 0.25) is 0 Å². The minimum Gasteiger partial charge on any atom is -0.313 e. The van der Waals surface area contributed by atoms with E-state index < -0.39 is 0 Å². The summed E-state index contributed by atoms with van der Waals surface area (Å²) in [5.41, 5.74) is 0. The quantitative estimate of drug-likeness (QED) is 0.431. The van der Waals surface area contributed by atoms with Gasteiger partial charge in [-0.15, -0.1) is 0 Å². The highest BCUT2D eigenvalue weighted by Crippen LogP contribution is 1.51. The Bertz CT molecular complexity index is 17.2. The van der Waals surface area contributed by atoms with Crippen molar-refractivity contribution in [2.45, 2.75) is 6.92 Å². The third kappa shape index (κ3) is 1.67. The topological polar surface area (TPSA) is 23.9 Å². The Labute approximate surface area is 26.2 Å². The van der Waals surface area contributed by atoms with Crippen LogP contribution in [-0.4, -0.2) is 6.21 Å². The fourth-order valence-corrected chi connectivity index (χ4v) is 0. The molecule has 0 atom stereocenters. The highest BCUT2D eigenvalue weighted by Gasteiger charge is 1.48. The Morgan fingerprint density at radius 1 is 1.75 bits per heavy atom. The molecule has 4 heavy (non-hydrogen) atoms. The third-order valence-electron chi connectivity index (χ3n) is 0.167. The summed E-state index contributed by atoms with van der Waals surface area (Å²) in [5, 5.41) is 6.27. The van der Waals surface area contributed by atoms with Crippen LogP contribution in [0.25, 0.3) is 0 Å². The van der Waals surface area contributed by atoms with Gasteiger partial charge in [-0.1, -0.05) is 6.92 Å². The smallest absolute Gasteiger partial charge is 0.00132 e. The average Bonchev–Trinajstić information content (AvgIpc) is 1.37. The van der Waals surface area contributed by atoms with Crippen LogP contribution in [0.3, 0.4) is 0 Å². The van der Waals surface area contributed by atoms with Crippen LogP contribution in [0.1, 0.15) is 6.92 Å². The van der Waals surface area contributed by atoms with Crippen molar-refractivity contribution in [1.82, 2.24) is 0 Å². The molecule has 0 aromatic carbocycles. The summed E-state index contributed by atoms with van der Waals surface area (Å²) >= 11 is 0. The van der Waals surface area contributed by atoms with Crippen molar-refractivity contribution >= 4 is 6.21 Å². The van der Waals surface area contributed by atoms with E-state index in [9.17, 15) is 0 Å². The predicted molar refractivity (Wildman–Crippen MR) is 18.8 cm³/mol. The number of hydrogen-bond acceptors (Lipinski definition) is 1. The first-order chi connectivity index (χ1) is 1.91. The molecule has 0 aromatic rings. The second-order valence-electron chi connectivity index (χ2n) is 0.500. The minimum atomic E-state index is 1.25. The second-order valence-corrected chi connectivity index (χ2v) is 0.500. The fourth-order valence-electron chi connectivity index (χ4n) is 0. The Hall–Kier alpha value is -0.330. The Morgan fingerprint density at radius 3 is 2.00 bits per heavy atom. The summed E-state index contributed by atoms with van der Waals surface area (Å²) < 4.78 is 0. The van der Waals surface area contributed by atoms with Gasteiger partial charge in [-0.3, -0.25) is 0 Å². The summed E-state index contributed by atoms with van der Waals surface area (Å²) in [4.78, 5) is 0. The lowest BCUT2D eigenvalue weighted by Gasteiger charge is -1.55. The average molecular weight is 56.1 g/mol. The summed E-state index contributed by atoms with van der Waals surface area (Å²) in [6.45, 7) is 1.81. The maximum absolute atomic E-state index is 6.27. The molecule has 23 valence electrons. The van der Waals surface area contributed by atoms with Gasteiger partial charge >= 0.3 is 0 Å². The second kappa shape index (κ2) is 2.67. The van der Waals surface area contributed by atoms with Crippen LogP contribution in [0, 0.1) is 11.8 Å². The van der Waals surface area contributed by atoms with Crippen molar-refractivity contribution in [2.24, 2.45) is 0 Å². The highest BCUT2D eigenvalue weighted by molar-refractivity contribution is 5.62. The molecule has 0 aromatic heterocycles. The van der Waals surface area contributed by atoms with Gasteiger partial charge in [0.05, 0.1) is 0 Å². The van der Waals surface area contributed by atoms with Gasteiger partial charge in [0.2, 0.25) is 0 Å². The zero-order chi connectivity index (χ0) is 3.41. The Kier molecular flexibility index (Phi) is 2.45. The molecule has 0 aliphatic carbocycles. The first-order valence-corrected chi connectivity index (χ1v) is 1.20. The van der Waals surface area contributed by atoms with Crippen LogP contribution in [0.15, 0.2) is 0 Å². The van der Waals surface area contributed by atoms with Gasteiger partial charge in [-0.25, -0.2) is 0 Å². The van der Waals surface area contributed by atoms with Gasteiger partial charge in [0.15, 0.2) is 0 Å². The molecule has 0 fully saturated rings. The monoisotopic (exact) mass is 56.1 g/mol. The van der Waals surface area contributed by atoms with Crippen LogP contribution in [0.5, 0.6) is 0 Å². The van der Waals surface area contributed by atoms with E-state index in [2.05, 4.69) is 0 Å². The molecule has 0 unspecified atom stereocenters. The molecular weight excluding hydrogens is 50.0 g/mol. The van der Waals surface area contributed by atoms with Crippen molar-refractivity contribution in [1.29, 1.82) is 5.41 Å². The fraction of sp³-hybridized carbons (Fsp3) is 0.333. The summed E-state index contributed by atoms with van der Waals surface area (Å²) in [7, 11) is 0.